The molecule has 82 valence electrons. The Kier molecular flexibility index (Phi) is 5.13. The number of hydrogen-bond donors (Lipinski definition) is 1. The van der Waals surface area contributed by atoms with Crippen molar-refractivity contribution in [3.63, 3.8) is 0 Å². The van der Waals surface area contributed by atoms with Crippen molar-refractivity contribution < 1.29 is 0 Å². The molecule has 1 aromatic rings. The van der Waals surface area contributed by atoms with Crippen LogP contribution < -0.4 is 5.73 Å². The molecule has 0 aliphatic rings. The standard InChI is InChI=1S/C14H21N/c1-12(2)10-14-8-5-7-13(11-14)6-3-4-9-15/h3,5-8,11-12H,4,9-10,15H2,1-2H3/b6-3+. The van der Waals surface area contributed by atoms with Crippen molar-refractivity contribution in [3.8, 4) is 0 Å². The van der Waals surface area contributed by atoms with Gasteiger partial charge in [0.15, 0.2) is 0 Å². The van der Waals surface area contributed by atoms with Crippen LogP contribution in [0.1, 0.15) is 31.4 Å². The number of nitrogens with two attached hydrogens (primary N) is 1. The minimum absolute atomic E-state index is 0.716. The lowest BCUT2D eigenvalue weighted by Gasteiger charge is -2.05. The Bertz CT molecular complexity index is 313. The summed E-state index contributed by atoms with van der Waals surface area (Å²) in [5.41, 5.74) is 8.13. The molecule has 0 heterocycles. The first kappa shape index (κ1) is 12.0. The van der Waals surface area contributed by atoms with Crippen LogP contribution >= 0.6 is 0 Å². The van der Waals surface area contributed by atoms with Crippen LogP contribution in [0, 0.1) is 5.92 Å². The summed E-state index contributed by atoms with van der Waals surface area (Å²) in [4.78, 5) is 0. The average molecular weight is 203 g/mol. The van der Waals surface area contributed by atoms with Crippen molar-refractivity contribution in [2.45, 2.75) is 26.7 Å². The molecule has 0 aliphatic heterocycles. The first-order chi connectivity index (χ1) is 7.22. The lowest BCUT2D eigenvalue weighted by Crippen LogP contribution is -1.95. The molecule has 0 fully saturated rings. The Morgan fingerprint density at radius 1 is 1.33 bits per heavy atom. The van der Waals surface area contributed by atoms with E-state index in [0.29, 0.717) is 5.92 Å². The van der Waals surface area contributed by atoms with Crippen LogP contribution in [0.3, 0.4) is 0 Å². The second-order valence-corrected chi connectivity index (χ2v) is 4.32. The molecule has 0 aliphatic carbocycles. The molecule has 0 amide bonds. The van der Waals surface area contributed by atoms with Crippen molar-refractivity contribution in [2.75, 3.05) is 6.54 Å². The smallest absolute Gasteiger partial charge is 0.00425 e. The van der Waals surface area contributed by atoms with E-state index in [9.17, 15) is 0 Å². The van der Waals surface area contributed by atoms with Crippen LogP contribution in [0.2, 0.25) is 0 Å². The molecule has 0 aromatic heterocycles. The van der Waals surface area contributed by atoms with Gasteiger partial charge in [-0.1, -0.05) is 50.3 Å². The van der Waals surface area contributed by atoms with Crippen LogP contribution in [0.5, 0.6) is 0 Å². The van der Waals surface area contributed by atoms with Gasteiger partial charge >= 0.3 is 0 Å². The Hall–Kier alpha value is -1.08. The summed E-state index contributed by atoms with van der Waals surface area (Å²) in [7, 11) is 0. The van der Waals surface area contributed by atoms with Gasteiger partial charge < -0.3 is 5.73 Å². The highest BCUT2D eigenvalue weighted by molar-refractivity contribution is 5.50. The fourth-order valence-electron chi connectivity index (χ4n) is 1.61. The first-order valence-corrected chi connectivity index (χ1v) is 5.68. The van der Waals surface area contributed by atoms with Crippen molar-refractivity contribution >= 4 is 6.08 Å². The van der Waals surface area contributed by atoms with Gasteiger partial charge in [-0.05, 0) is 36.4 Å². The lowest BCUT2D eigenvalue weighted by atomic mass is 10.0. The highest BCUT2D eigenvalue weighted by Gasteiger charge is 1.97. The van der Waals surface area contributed by atoms with Gasteiger partial charge in [0.2, 0.25) is 0 Å². The van der Waals surface area contributed by atoms with Crippen LogP contribution in [0.4, 0.5) is 0 Å². The average Bonchev–Trinajstić information content (AvgIpc) is 2.18. The zero-order valence-corrected chi connectivity index (χ0v) is 9.74. The molecule has 15 heavy (non-hydrogen) atoms. The van der Waals surface area contributed by atoms with Gasteiger partial charge in [-0.3, -0.25) is 0 Å². The van der Waals surface area contributed by atoms with E-state index in [1.165, 1.54) is 11.1 Å². The third kappa shape index (κ3) is 4.80. The summed E-state index contributed by atoms with van der Waals surface area (Å²) in [5.74, 6) is 0.716. The van der Waals surface area contributed by atoms with Crippen molar-refractivity contribution in [2.24, 2.45) is 11.7 Å². The van der Waals surface area contributed by atoms with E-state index in [4.69, 9.17) is 5.73 Å². The summed E-state index contributed by atoms with van der Waals surface area (Å²) in [5, 5.41) is 0. The minimum atomic E-state index is 0.716. The predicted molar refractivity (Wildman–Crippen MR) is 67.7 cm³/mol. The largest absolute Gasteiger partial charge is 0.330 e. The molecule has 0 spiro atoms. The lowest BCUT2D eigenvalue weighted by molar-refractivity contribution is 0.647. The zero-order valence-electron chi connectivity index (χ0n) is 9.74. The molecule has 1 nitrogen and oxygen atoms in total. The topological polar surface area (TPSA) is 26.0 Å². The van der Waals surface area contributed by atoms with Gasteiger partial charge in [0.25, 0.3) is 0 Å². The molecule has 0 saturated carbocycles. The second kappa shape index (κ2) is 6.41. The molecule has 1 rings (SSSR count). The molecule has 0 saturated heterocycles. The molecular formula is C14H21N. The third-order valence-corrected chi connectivity index (χ3v) is 2.24. The Balaban J connectivity index is 2.65. The van der Waals surface area contributed by atoms with Crippen LogP contribution in [-0.4, -0.2) is 6.54 Å². The molecule has 1 heteroatoms. The number of hydrogen-bond acceptors (Lipinski definition) is 1. The van der Waals surface area contributed by atoms with Crippen LogP contribution in [0.25, 0.3) is 6.08 Å². The fourth-order valence-corrected chi connectivity index (χ4v) is 1.61. The van der Waals surface area contributed by atoms with E-state index in [1.807, 2.05) is 0 Å². The predicted octanol–water partition coefficient (Wildman–Crippen LogP) is 3.25. The molecule has 0 bridgehead atoms. The van der Waals surface area contributed by atoms with E-state index in [2.05, 4.69) is 50.3 Å². The van der Waals surface area contributed by atoms with E-state index in [0.717, 1.165) is 19.4 Å². The monoisotopic (exact) mass is 203 g/mol. The minimum Gasteiger partial charge on any atom is -0.330 e. The summed E-state index contributed by atoms with van der Waals surface area (Å²) in [6, 6.07) is 8.71. The van der Waals surface area contributed by atoms with Crippen molar-refractivity contribution in [3.05, 3.63) is 41.5 Å². The van der Waals surface area contributed by atoms with Gasteiger partial charge in [0.1, 0.15) is 0 Å². The molecule has 0 atom stereocenters. The van der Waals surface area contributed by atoms with Gasteiger partial charge in [-0.2, -0.15) is 0 Å². The van der Waals surface area contributed by atoms with E-state index in [1.54, 1.807) is 0 Å². The Morgan fingerprint density at radius 2 is 2.13 bits per heavy atom. The Morgan fingerprint density at radius 3 is 2.80 bits per heavy atom. The van der Waals surface area contributed by atoms with Gasteiger partial charge in [-0.25, -0.2) is 0 Å². The molecule has 1 aromatic carbocycles. The quantitative estimate of drug-likeness (QED) is 0.781. The Labute approximate surface area is 93.0 Å². The SMILES string of the molecule is CC(C)Cc1cccc(/C=C/CCN)c1. The maximum absolute atomic E-state index is 5.44. The van der Waals surface area contributed by atoms with Gasteiger partial charge in [0.05, 0.1) is 0 Å². The fraction of sp³-hybridized carbons (Fsp3) is 0.429. The van der Waals surface area contributed by atoms with Gasteiger partial charge in [-0.15, -0.1) is 0 Å². The molecule has 0 unspecified atom stereocenters. The van der Waals surface area contributed by atoms with Crippen molar-refractivity contribution in [1.82, 2.24) is 0 Å². The first-order valence-electron chi connectivity index (χ1n) is 5.68. The summed E-state index contributed by atoms with van der Waals surface area (Å²) in [6.07, 6.45) is 6.39. The zero-order chi connectivity index (χ0) is 11.1. The molecular weight excluding hydrogens is 182 g/mol. The van der Waals surface area contributed by atoms with Crippen LogP contribution in [0.15, 0.2) is 30.3 Å². The molecule has 2 N–H and O–H groups in total. The molecule has 0 radical (unpaired) electrons. The maximum atomic E-state index is 5.44. The highest BCUT2D eigenvalue weighted by Crippen LogP contribution is 2.11. The van der Waals surface area contributed by atoms with Gasteiger partial charge in [0, 0.05) is 0 Å². The second-order valence-electron chi connectivity index (χ2n) is 4.32. The van der Waals surface area contributed by atoms with Crippen molar-refractivity contribution in [1.29, 1.82) is 0 Å². The number of rotatable bonds is 5. The van der Waals surface area contributed by atoms with E-state index < -0.39 is 0 Å². The number of benzene rings is 1. The normalized spacial score (nSPS) is 11.5. The summed E-state index contributed by atoms with van der Waals surface area (Å²) >= 11 is 0. The maximum Gasteiger partial charge on any atom is -0.00425 e. The van der Waals surface area contributed by atoms with E-state index in [-0.39, 0.29) is 0 Å². The van der Waals surface area contributed by atoms with Crippen LogP contribution in [-0.2, 0) is 6.42 Å². The third-order valence-electron chi connectivity index (χ3n) is 2.24. The summed E-state index contributed by atoms with van der Waals surface area (Å²) in [6.45, 7) is 5.22. The van der Waals surface area contributed by atoms with E-state index >= 15 is 0 Å². The summed E-state index contributed by atoms with van der Waals surface area (Å²) < 4.78 is 0. The highest BCUT2D eigenvalue weighted by atomic mass is 14.5.